The molecule has 2 fully saturated rings. The highest BCUT2D eigenvalue weighted by atomic mass is 16.5. The van der Waals surface area contributed by atoms with E-state index < -0.39 is 11.9 Å². The van der Waals surface area contributed by atoms with Crippen molar-refractivity contribution in [3.8, 4) is 11.5 Å². The van der Waals surface area contributed by atoms with E-state index in [4.69, 9.17) is 29.3 Å². The largest absolute Gasteiger partial charge is 0.497 e. The zero-order valence-electron chi connectivity index (χ0n) is 23.0. The molecule has 1 saturated carbocycles. The Labute approximate surface area is 225 Å². The van der Waals surface area contributed by atoms with Gasteiger partial charge < -0.3 is 34.8 Å². The van der Waals surface area contributed by atoms with Crippen LogP contribution < -0.4 is 14.8 Å². The Kier molecular flexibility index (Phi) is 13.1. The zero-order valence-corrected chi connectivity index (χ0v) is 23.0. The topological polar surface area (TPSA) is 129 Å². The van der Waals surface area contributed by atoms with Crippen LogP contribution in [0.15, 0.2) is 24.3 Å². The van der Waals surface area contributed by atoms with Crippen molar-refractivity contribution in [2.75, 3.05) is 47.4 Å². The number of benzene rings is 1. The molecular formula is C28H43N3O7. The highest BCUT2D eigenvalue weighted by Gasteiger charge is 2.31. The van der Waals surface area contributed by atoms with E-state index in [-0.39, 0.29) is 5.91 Å². The molecule has 2 atom stereocenters. The molecule has 1 amide bonds. The summed E-state index contributed by atoms with van der Waals surface area (Å²) in [4.78, 5) is 35.6. The first kappa shape index (κ1) is 31.1. The summed E-state index contributed by atoms with van der Waals surface area (Å²) in [7, 11) is 5.59. The highest BCUT2D eigenvalue weighted by Crippen LogP contribution is 2.30. The summed E-state index contributed by atoms with van der Waals surface area (Å²) in [5, 5.41) is 17.8. The number of amides is 1. The van der Waals surface area contributed by atoms with Crippen molar-refractivity contribution in [2.24, 2.45) is 5.92 Å². The number of piperidine rings is 1. The number of ether oxygens (including phenoxy) is 2. The number of likely N-dealkylation sites (tertiary alicyclic amines) is 1. The SMILES string of the molecule is COc1ccc(OC)c(/C=C/C(=O)NCCN2CCC(N(C)C3CCCCC3C)CC2)c1.O=C(O)C(=O)O. The molecule has 2 aliphatic rings. The van der Waals surface area contributed by atoms with Gasteiger partial charge in [-0.1, -0.05) is 19.8 Å². The van der Waals surface area contributed by atoms with Gasteiger partial charge in [-0.05, 0) is 76.0 Å². The number of hydrogen-bond acceptors (Lipinski definition) is 7. The lowest BCUT2D eigenvalue weighted by atomic mass is 9.84. The normalized spacial score (nSPS) is 20.4. The van der Waals surface area contributed by atoms with Crippen LogP contribution in [0.2, 0.25) is 0 Å². The van der Waals surface area contributed by atoms with Crippen LogP contribution in [-0.2, 0) is 14.4 Å². The fourth-order valence-electron chi connectivity index (χ4n) is 5.25. The molecule has 0 radical (unpaired) electrons. The zero-order chi connectivity index (χ0) is 28.1. The van der Waals surface area contributed by atoms with Crippen LogP contribution in [0.3, 0.4) is 0 Å². The molecule has 1 heterocycles. The van der Waals surface area contributed by atoms with Gasteiger partial charge in [0.15, 0.2) is 0 Å². The number of aliphatic carboxylic acids is 2. The minimum absolute atomic E-state index is 0.0872. The first-order valence-corrected chi connectivity index (χ1v) is 13.2. The smallest absolute Gasteiger partial charge is 0.414 e. The third-order valence-corrected chi connectivity index (χ3v) is 7.48. The van der Waals surface area contributed by atoms with Gasteiger partial charge in [-0.25, -0.2) is 9.59 Å². The molecular weight excluding hydrogens is 490 g/mol. The van der Waals surface area contributed by atoms with Crippen molar-refractivity contribution >= 4 is 23.9 Å². The first-order chi connectivity index (χ1) is 18.2. The Morgan fingerprint density at radius 1 is 1.05 bits per heavy atom. The molecule has 1 aliphatic heterocycles. The minimum Gasteiger partial charge on any atom is -0.497 e. The molecule has 1 aliphatic carbocycles. The summed E-state index contributed by atoms with van der Waals surface area (Å²) in [6.07, 6.45) is 11.3. The van der Waals surface area contributed by atoms with Crippen LogP contribution in [0, 0.1) is 5.92 Å². The van der Waals surface area contributed by atoms with Crippen molar-refractivity contribution < 1.29 is 34.1 Å². The van der Waals surface area contributed by atoms with Crippen molar-refractivity contribution in [1.29, 1.82) is 0 Å². The van der Waals surface area contributed by atoms with Crippen LogP contribution in [0.1, 0.15) is 51.0 Å². The van der Waals surface area contributed by atoms with E-state index in [2.05, 4.69) is 29.1 Å². The van der Waals surface area contributed by atoms with E-state index in [0.29, 0.717) is 18.3 Å². The Morgan fingerprint density at radius 2 is 1.71 bits per heavy atom. The second-order valence-corrected chi connectivity index (χ2v) is 9.91. The standard InChI is InChI=1S/C26H41N3O3.C2H2O4/c1-20-7-5-6-8-24(20)28(2)22-13-16-29(17-14-22)18-15-27-26(30)12-9-21-19-23(31-3)10-11-25(21)32-4;3-1(4)2(5)6/h9-12,19-20,22,24H,5-8,13-18H2,1-4H3,(H,27,30);(H,3,4)(H,5,6)/b12-9+;. The van der Waals surface area contributed by atoms with Crippen LogP contribution in [-0.4, -0.2) is 97.4 Å². The summed E-state index contributed by atoms with van der Waals surface area (Å²) >= 11 is 0. The van der Waals surface area contributed by atoms with Gasteiger partial charge in [0.25, 0.3) is 0 Å². The predicted molar refractivity (Wildman–Crippen MR) is 146 cm³/mol. The fourth-order valence-corrected chi connectivity index (χ4v) is 5.25. The third-order valence-electron chi connectivity index (χ3n) is 7.48. The summed E-state index contributed by atoms with van der Waals surface area (Å²) < 4.78 is 10.6. The summed E-state index contributed by atoms with van der Waals surface area (Å²) in [5.74, 6) is -1.46. The van der Waals surface area contributed by atoms with Crippen LogP contribution in [0.4, 0.5) is 0 Å². The molecule has 1 aromatic rings. The van der Waals surface area contributed by atoms with E-state index in [1.54, 1.807) is 26.4 Å². The summed E-state index contributed by atoms with van der Waals surface area (Å²) in [6, 6.07) is 7.00. The lowest BCUT2D eigenvalue weighted by Crippen LogP contribution is -2.50. The number of rotatable bonds is 9. The Bertz CT molecular complexity index is 932. The van der Waals surface area contributed by atoms with Crippen LogP contribution >= 0.6 is 0 Å². The average Bonchev–Trinajstić information content (AvgIpc) is 2.92. The van der Waals surface area contributed by atoms with E-state index >= 15 is 0 Å². The van der Waals surface area contributed by atoms with Crippen molar-refractivity contribution in [3.05, 3.63) is 29.8 Å². The third kappa shape index (κ3) is 9.98. The molecule has 2 unspecified atom stereocenters. The fraction of sp³-hybridized carbons (Fsp3) is 0.607. The maximum absolute atomic E-state index is 12.3. The number of carbonyl (C=O) groups excluding carboxylic acids is 1. The summed E-state index contributed by atoms with van der Waals surface area (Å²) in [5.41, 5.74) is 0.820. The van der Waals surface area contributed by atoms with Crippen molar-refractivity contribution in [3.63, 3.8) is 0 Å². The molecule has 212 valence electrons. The van der Waals surface area contributed by atoms with E-state index in [1.807, 2.05) is 18.2 Å². The van der Waals surface area contributed by atoms with E-state index in [1.165, 1.54) is 38.5 Å². The van der Waals surface area contributed by atoms with Crippen LogP contribution in [0.5, 0.6) is 11.5 Å². The van der Waals surface area contributed by atoms with E-state index in [0.717, 1.165) is 42.9 Å². The average molecular weight is 534 g/mol. The number of carboxylic acid groups (broad SMARTS) is 2. The van der Waals surface area contributed by atoms with Gasteiger partial charge in [0.05, 0.1) is 14.2 Å². The van der Waals surface area contributed by atoms with Gasteiger partial charge in [0, 0.05) is 36.8 Å². The van der Waals surface area contributed by atoms with Gasteiger partial charge in [-0.15, -0.1) is 0 Å². The lowest BCUT2D eigenvalue weighted by molar-refractivity contribution is -0.159. The maximum Gasteiger partial charge on any atom is 0.414 e. The minimum atomic E-state index is -1.82. The molecule has 0 aromatic heterocycles. The number of hydrogen-bond donors (Lipinski definition) is 3. The van der Waals surface area contributed by atoms with Crippen molar-refractivity contribution in [2.45, 2.75) is 57.5 Å². The number of carboxylic acids is 2. The van der Waals surface area contributed by atoms with Gasteiger partial charge in [-0.3, -0.25) is 4.79 Å². The molecule has 38 heavy (non-hydrogen) atoms. The predicted octanol–water partition coefficient (Wildman–Crippen LogP) is 2.96. The second-order valence-electron chi connectivity index (χ2n) is 9.91. The van der Waals surface area contributed by atoms with Gasteiger partial charge >= 0.3 is 11.9 Å². The van der Waals surface area contributed by atoms with Gasteiger partial charge in [0.1, 0.15) is 11.5 Å². The molecule has 0 spiro atoms. The monoisotopic (exact) mass is 533 g/mol. The van der Waals surface area contributed by atoms with Gasteiger partial charge in [0.2, 0.25) is 5.91 Å². The number of nitrogens with zero attached hydrogens (tertiary/aromatic N) is 2. The summed E-state index contributed by atoms with van der Waals surface area (Å²) in [6.45, 7) is 6.22. The number of carbonyl (C=O) groups is 3. The molecule has 1 saturated heterocycles. The second kappa shape index (κ2) is 16.0. The Balaban J connectivity index is 0.000000757. The van der Waals surface area contributed by atoms with Gasteiger partial charge in [-0.2, -0.15) is 0 Å². The molecule has 0 bridgehead atoms. The maximum atomic E-state index is 12.3. The molecule has 3 rings (SSSR count). The number of nitrogens with one attached hydrogen (secondary N) is 1. The van der Waals surface area contributed by atoms with E-state index in [9.17, 15) is 4.79 Å². The molecule has 3 N–H and O–H groups in total. The Hall–Kier alpha value is -3.11. The first-order valence-electron chi connectivity index (χ1n) is 13.2. The number of methoxy groups -OCH3 is 2. The quantitative estimate of drug-likeness (QED) is 0.324. The Morgan fingerprint density at radius 3 is 2.29 bits per heavy atom. The van der Waals surface area contributed by atoms with Crippen LogP contribution in [0.25, 0.3) is 6.08 Å². The van der Waals surface area contributed by atoms with Crippen molar-refractivity contribution in [1.82, 2.24) is 15.1 Å². The molecule has 10 heteroatoms. The molecule has 10 nitrogen and oxygen atoms in total. The lowest BCUT2D eigenvalue weighted by Gasteiger charge is -2.44. The molecule has 1 aromatic carbocycles. The highest BCUT2D eigenvalue weighted by molar-refractivity contribution is 6.27.